The summed E-state index contributed by atoms with van der Waals surface area (Å²) in [7, 11) is 0. The minimum atomic E-state index is 0.560. The molecule has 16 heavy (non-hydrogen) atoms. The van der Waals surface area contributed by atoms with Crippen LogP contribution < -0.4 is 11.1 Å². The van der Waals surface area contributed by atoms with Gasteiger partial charge < -0.3 is 11.1 Å². The van der Waals surface area contributed by atoms with Crippen molar-refractivity contribution >= 4 is 5.82 Å². The Labute approximate surface area is 98.5 Å². The zero-order valence-corrected chi connectivity index (χ0v) is 10.5. The average Bonchev–Trinajstić information content (AvgIpc) is 2.26. The van der Waals surface area contributed by atoms with Crippen LogP contribution in [0.2, 0.25) is 0 Å². The molecule has 1 atom stereocenters. The first-order valence-electron chi connectivity index (χ1n) is 6.07. The van der Waals surface area contributed by atoms with Crippen molar-refractivity contribution in [2.45, 2.75) is 39.7 Å². The first-order chi connectivity index (χ1) is 7.65. The maximum Gasteiger partial charge on any atom is 0.126 e. The molecule has 1 rings (SSSR count). The number of nitrogen functional groups attached to an aromatic ring is 1. The van der Waals surface area contributed by atoms with Crippen LogP contribution in [0.25, 0.3) is 0 Å². The molecule has 0 amide bonds. The molecule has 1 heterocycles. The number of pyridine rings is 1. The van der Waals surface area contributed by atoms with Gasteiger partial charge in [0.25, 0.3) is 0 Å². The highest BCUT2D eigenvalue weighted by Crippen LogP contribution is 2.14. The molecule has 0 fully saturated rings. The van der Waals surface area contributed by atoms with Crippen molar-refractivity contribution < 1.29 is 0 Å². The smallest absolute Gasteiger partial charge is 0.126 e. The summed E-state index contributed by atoms with van der Waals surface area (Å²) in [6, 6.07) is 4.57. The molecule has 0 aliphatic carbocycles. The zero-order valence-electron chi connectivity index (χ0n) is 10.5. The van der Waals surface area contributed by atoms with Crippen molar-refractivity contribution in [2.75, 3.05) is 12.3 Å². The lowest BCUT2D eigenvalue weighted by molar-refractivity contribution is 0.385. The van der Waals surface area contributed by atoms with Gasteiger partial charge in [-0.3, -0.25) is 0 Å². The average molecular weight is 221 g/mol. The number of nitrogens with zero attached hydrogens (tertiary/aromatic N) is 1. The van der Waals surface area contributed by atoms with E-state index in [1.54, 1.807) is 6.20 Å². The fourth-order valence-electron chi connectivity index (χ4n) is 1.91. The minimum absolute atomic E-state index is 0.560. The van der Waals surface area contributed by atoms with Crippen LogP contribution in [-0.4, -0.2) is 17.6 Å². The Hall–Kier alpha value is -1.09. The summed E-state index contributed by atoms with van der Waals surface area (Å²) in [5, 5.41) is 3.51. The Bertz CT molecular complexity index is 310. The number of hydrogen-bond donors (Lipinski definition) is 2. The third-order valence-electron chi connectivity index (χ3n) is 2.92. The normalized spacial score (nSPS) is 13.0. The van der Waals surface area contributed by atoms with Gasteiger partial charge in [0.2, 0.25) is 0 Å². The predicted molar refractivity (Wildman–Crippen MR) is 69.3 cm³/mol. The fraction of sp³-hybridized carbons (Fsp3) is 0.615. The van der Waals surface area contributed by atoms with Crippen LogP contribution in [-0.2, 0) is 6.42 Å². The lowest BCUT2D eigenvalue weighted by atomic mass is 9.97. The molecule has 90 valence electrons. The Kier molecular flexibility index (Phi) is 5.26. The first kappa shape index (κ1) is 13.0. The van der Waals surface area contributed by atoms with E-state index in [1.165, 1.54) is 0 Å². The van der Waals surface area contributed by atoms with Crippen molar-refractivity contribution in [3.05, 3.63) is 23.9 Å². The van der Waals surface area contributed by atoms with Crippen LogP contribution in [0.15, 0.2) is 18.3 Å². The van der Waals surface area contributed by atoms with Gasteiger partial charge in [0.05, 0.1) is 0 Å². The quantitative estimate of drug-likeness (QED) is 0.774. The molecule has 0 saturated carbocycles. The van der Waals surface area contributed by atoms with Crippen molar-refractivity contribution in [1.29, 1.82) is 0 Å². The van der Waals surface area contributed by atoms with Gasteiger partial charge in [-0.05, 0) is 36.9 Å². The summed E-state index contributed by atoms with van der Waals surface area (Å²) in [4.78, 5) is 4.11. The van der Waals surface area contributed by atoms with Crippen LogP contribution in [0.1, 0.15) is 32.8 Å². The molecule has 0 aliphatic heterocycles. The molecular weight excluding hydrogens is 198 g/mol. The molecule has 0 saturated heterocycles. The number of anilines is 1. The van der Waals surface area contributed by atoms with Crippen molar-refractivity contribution in [3.8, 4) is 0 Å². The van der Waals surface area contributed by atoms with E-state index in [1.807, 2.05) is 6.07 Å². The minimum Gasteiger partial charge on any atom is -0.383 e. The third-order valence-corrected chi connectivity index (χ3v) is 2.92. The van der Waals surface area contributed by atoms with E-state index in [2.05, 4.69) is 37.1 Å². The van der Waals surface area contributed by atoms with Crippen LogP contribution in [0.4, 0.5) is 5.82 Å². The molecule has 0 aliphatic rings. The standard InChI is InChI=1S/C13H23N3/c1-4-15-12(10(2)3)8-7-11-6-5-9-16-13(11)14/h5-6,9-10,12,15H,4,7-8H2,1-3H3,(H2,14,16). The lowest BCUT2D eigenvalue weighted by Crippen LogP contribution is -2.34. The van der Waals surface area contributed by atoms with Crippen LogP contribution in [0.3, 0.4) is 0 Å². The summed E-state index contributed by atoms with van der Waals surface area (Å²) in [6.45, 7) is 7.67. The van der Waals surface area contributed by atoms with E-state index in [0.29, 0.717) is 17.8 Å². The van der Waals surface area contributed by atoms with Gasteiger partial charge in [-0.1, -0.05) is 26.8 Å². The molecule has 0 aromatic carbocycles. The highest BCUT2D eigenvalue weighted by Gasteiger charge is 2.12. The highest BCUT2D eigenvalue weighted by atomic mass is 14.9. The van der Waals surface area contributed by atoms with Crippen molar-refractivity contribution in [3.63, 3.8) is 0 Å². The van der Waals surface area contributed by atoms with Crippen molar-refractivity contribution in [2.24, 2.45) is 5.92 Å². The summed E-state index contributed by atoms with van der Waals surface area (Å²) in [5.74, 6) is 1.32. The molecular formula is C13H23N3. The molecule has 0 bridgehead atoms. The number of aryl methyl sites for hydroxylation is 1. The Balaban J connectivity index is 2.52. The summed E-state index contributed by atoms with van der Waals surface area (Å²) < 4.78 is 0. The number of rotatable bonds is 6. The third kappa shape index (κ3) is 3.81. The number of nitrogens with one attached hydrogen (secondary N) is 1. The summed E-state index contributed by atoms with van der Waals surface area (Å²) in [6.07, 6.45) is 3.85. The molecule has 1 aromatic rings. The van der Waals surface area contributed by atoms with E-state index in [0.717, 1.165) is 24.9 Å². The summed E-state index contributed by atoms with van der Waals surface area (Å²) >= 11 is 0. The topological polar surface area (TPSA) is 50.9 Å². The van der Waals surface area contributed by atoms with Gasteiger partial charge in [0.1, 0.15) is 5.82 Å². The van der Waals surface area contributed by atoms with Crippen LogP contribution >= 0.6 is 0 Å². The summed E-state index contributed by atoms with van der Waals surface area (Å²) in [5.41, 5.74) is 6.98. The lowest BCUT2D eigenvalue weighted by Gasteiger charge is -2.21. The van der Waals surface area contributed by atoms with E-state index in [9.17, 15) is 0 Å². The largest absolute Gasteiger partial charge is 0.383 e. The van der Waals surface area contributed by atoms with E-state index in [4.69, 9.17) is 5.73 Å². The second kappa shape index (κ2) is 6.48. The maximum absolute atomic E-state index is 5.83. The Morgan fingerprint density at radius 1 is 1.44 bits per heavy atom. The van der Waals surface area contributed by atoms with Crippen LogP contribution in [0, 0.1) is 5.92 Å². The second-order valence-corrected chi connectivity index (χ2v) is 4.49. The van der Waals surface area contributed by atoms with Gasteiger partial charge in [0.15, 0.2) is 0 Å². The number of hydrogen-bond acceptors (Lipinski definition) is 3. The Morgan fingerprint density at radius 2 is 2.19 bits per heavy atom. The van der Waals surface area contributed by atoms with Gasteiger partial charge in [-0.2, -0.15) is 0 Å². The maximum atomic E-state index is 5.83. The van der Waals surface area contributed by atoms with Gasteiger partial charge in [-0.15, -0.1) is 0 Å². The second-order valence-electron chi connectivity index (χ2n) is 4.49. The SMILES string of the molecule is CCNC(CCc1cccnc1N)C(C)C. The number of aromatic nitrogens is 1. The molecule has 0 spiro atoms. The fourth-order valence-corrected chi connectivity index (χ4v) is 1.91. The molecule has 0 radical (unpaired) electrons. The molecule has 3 heteroatoms. The van der Waals surface area contributed by atoms with E-state index >= 15 is 0 Å². The van der Waals surface area contributed by atoms with Crippen molar-refractivity contribution in [1.82, 2.24) is 10.3 Å². The monoisotopic (exact) mass is 221 g/mol. The molecule has 3 N–H and O–H groups in total. The van der Waals surface area contributed by atoms with E-state index < -0.39 is 0 Å². The molecule has 3 nitrogen and oxygen atoms in total. The molecule has 1 aromatic heterocycles. The van der Waals surface area contributed by atoms with E-state index in [-0.39, 0.29) is 0 Å². The van der Waals surface area contributed by atoms with Gasteiger partial charge >= 0.3 is 0 Å². The highest BCUT2D eigenvalue weighted by molar-refractivity contribution is 5.38. The molecule has 1 unspecified atom stereocenters. The number of nitrogens with two attached hydrogens (primary N) is 1. The first-order valence-corrected chi connectivity index (χ1v) is 6.07. The predicted octanol–water partition coefficient (Wildman–Crippen LogP) is 2.23. The van der Waals surface area contributed by atoms with Gasteiger partial charge in [-0.25, -0.2) is 4.98 Å². The van der Waals surface area contributed by atoms with Gasteiger partial charge in [0, 0.05) is 12.2 Å². The zero-order chi connectivity index (χ0) is 12.0. The van der Waals surface area contributed by atoms with Crippen LogP contribution in [0.5, 0.6) is 0 Å². The Morgan fingerprint density at radius 3 is 2.75 bits per heavy atom.